The number of likely N-dealkylation sites (tertiary alicyclic amines) is 1. The van der Waals surface area contributed by atoms with Crippen LogP contribution in [0, 0.1) is 18.7 Å². The molecule has 6 nitrogen and oxygen atoms in total. The molecule has 1 N–H and O–H groups in total. The number of ether oxygens (including phenoxy) is 1. The quantitative estimate of drug-likeness (QED) is 0.762. The lowest BCUT2D eigenvalue weighted by Crippen LogP contribution is -2.53. The van der Waals surface area contributed by atoms with Crippen molar-refractivity contribution in [1.82, 2.24) is 19.8 Å². The number of imidazole rings is 1. The summed E-state index contributed by atoms with van der Waals surface area (Å²) in [5.41, 5.74) is 1.57. The molecule has 2 fully saturated rings. The monoisotopic (exact) mass is 446 g/mol. The Hall–Kier alpha value is -2.48. The number of amides is 1. The molecular weight excluding hydrogens is 414 g/mol. The van der Waals surface area contributed by atoms with Crippen LogP contribution in [0.3, 0.4) is 0 Å². The number of nitrogens with one attached hydrogen (secondary N) is 1. The van der Waals surface area contributed by atoms with Crippen LogP contribution in [0.25, 0.3) is 11.3 Å². The molecule has 1 aromatic heterocycles. The molecule has 2 saturated heterocycles. The predicted molar refractivity (Wildman–Crippen MR) is 119 cm³/mol. The molecule has 0 saturated carbocycles. The van der Waals surface area contributed by atoms with Gasteiger partial charge in [0.05, 0.1) is 11.6 Å². The van der Waals surface area contributed by atoms with Crippen molar-refractivity contribution in [2.75, 3.05) is 26.2 Å². The van der Waals surface area contributed by atoms with Crippen LogP contribution < -0.4 is 5.32 Å². The lowest BCUT2D eigenvalue weighted by atomic mass is 9.94. The number of alkyl halides is 1. The summed E-state index contributed by atoms with van der Waals surface area (Å²) in [5.74, 6) is 0.436. The maximum Gasteiger partial charge on any atom is 0.410 e. The van der Waals surface area contributed by atoms with Gasteiger partial charge in [0, 0.05) is 43.9 Å². The molecule has 2 atom stereocenters. The van der Waals surface area contributed by atoms with Crippen LogP contribution in [0.4, 0.5) is 13.6 Å². The number of piperidine rings is 1. The smallest absolute Gasteiger partial charge is 0.410 e. The molecule has 1 amide bonds. The highest BCUT2D eigenvalue weighted by atomic mass is 19.1. The summed E-state index contributed by atoms with van der Waals surface area (Å²) < 4.78 is 36.0. The number of nitrogens with zero attached hydrogens (tertiary/aromatic N) is 3. The Morgan fingerprint density at radius 2 is 2.06 bits per heavy atom. The molecule has 2 aromatic rings. The van der Waals surface area contributed by atoms with E-state index in [1.807, 2.05) is 31.5 Å². The van der Waals surface area contributed by atoms with E-state index < -0.39 is 11.8 Å². The Morgan fingerprint density at radius 3 is 2.72 bits per heavy atom. The van der Waals surface area contributed by atoms with Crippen molar-refractivity contribution < 1.29 is 18.3 Å². The number of carbonyl (C=O) groups excluding carboxylic acids is 1. The van der Waals surface area contributed by atoms with Gasteiger partial charge < -0.3 is 19.5 Å². The molecular formula is C24H32F2N4O2. The van der Waals surface area contributed by atoms with Crippen molar-refractivity contribution in [2.45, 2.75) is 58.4 Å². The van der Waals surface area contributed by atoms with Gasteiger partial charge in [0.2, 0.25) is 0 Å². The Morgan fingerprint density at radius 1 is 1.31 bits per heavy atom. The number of aryl methyl sites for hydroxylation is 1. The van der Waals surface area contributed by atoms with E-state index in [-0.39, 0.29) is 23.7 Å². The average Bonchev–Trinajstić information content (AvgIpc) is 3.09. The van der Waals surface area contributed by atoms with Gasteiger partial charge >= 0.3 is 6.09 Å². The van der Waals surface area contributed by atoms with Gasteiger partial charge in [-0.3, -0.25) is 0 Å². The summed E-state index contributed by atoms with van der Waals surface area (Å²) in [6, 6.07) is 4.92. The number of rotatable bonds is 4. The summed E-state index contributed by atoms with van der Waals surface area (Å²) in [6.07, 6.45) is 1.30. The lowest BCUT2D eigenvalue weighted by molar-refractivity contribution is -0.00353. The summed E-state index contributed by atoms with van der Waals surface area (Å²) in [7, 11) is 0. The minimum atomic E-state index is -1.01. The van der Waals surface area contributed by atoms with Gasteiger partial charge in [-0.25, -0.2) is 18.6 Å². The first-order chi connectivity index (χ1) is 15.1. The highest BCUT2D eigenvalue weighted by Gasteiger charge is 2.36. The van der Waals surface area contributed by atoms with E-state index in [4.69, 9.17) is 9.72 Å². The van der Waals surface area contributed by atoms with Gasteiger partial charge in [-0.1, -0.05) is 0 Å². The predicted octanol–water partition coefficient (Wildman–Crippen LogP) is 4.28. The van der Waals surface area contributed by atoms with Crippen LogP contribution >= 0.6 is 0 Å². The Bertz CT molecular complexity index is 979. The highest BCUT2D eigenvalue weighted by molar-refractivity contribution is 5.69. The standard InChI is InChI=1S/C24H32F2N4O2/c1-15-9-17(5-6-19(15)25)21-14-29(22(28-21)18-7-8-27-10-20(18)26)11-16-12-30(13-16)23(31)32-24(2,3)4/h5-6,9,14,16,18,20,27H,7-8,10-13H2,1-4H3/t18-,20+/m1/s1. The molecule has 0 aliphatic carbocycles. The zero-order valence-corrected chi connectivity index (χ0v) is 19.2. The molecule has 0 unspecified atom stereocenters. The van der Waals surface area contributed by atoms with E-state index in [0.29, 0.717) is 38.2 Å². The summed E-state index contributed by atoms with van der Waals surface area (Å²) >= 11 is 0. The number of hydrogen-bond acceptors (Lipinski definition) is 4. The fourth-order valence-electron chi connectivity index (χ4n) is 4.37. The number of halogens is 2. The Balaban J connectivity index is 1.53. The molecule has 3 heterocycles. The van der Waals surface area contributed by atoms with Crippen LogP contribution in [-0.2, 0) is 11.3 Å². The van der Waals surface area contributed by atoms with Crippen molar-refractivity contribution in [3.05, 3.63) is 41.6 Å². The summed E-state index contributed by atoms with van der Waals surface area (Å²) in [6.45, 7) is 10.2. The van der Waals surface area contributed by atoms with Crippen LogP contribution in [-0.4, -0.2) is 58.5 Å². The Labute approximate surface area is 188 Å². The number of benzene rings is 1. The average molecular weight is 447 g/mol. The zero-order valence-electron chi connectivity index (χ0n) is 19.2. The second-order valence-electron chi connectivity index (χ2n) is 9.97. The van der Waals surface area contributed by atoms with Crippen LogP contribution in [0.15, 0.2) is 24.4 Å². The molecule has 32 heavy (non-hydrogen) atoms. The number of aromatic nitrogens is 2. The number of hydrogen-bond donors (Lipinski definition) is 1. The molecule has 2 aliphatic rings. The van der Waals surface area contributed by atoms with Crippen LogP contribution in [0.1, 0.15) is 44.5 Å². The molecule has 4 rings (SSSR count). The molecule has 2 aliphatic heterocycles. The van der Waals surface area contributed by atoms with Crippen molar-refractivity contribution in [3.8, 4) is 11.3 Å². The van der Waals surface area contributed by atoms with Gasteiger partial charge in [0.1, 0.15) is 23.4 Å². The third kappa shape index (κ3) is 4.95. The fraction of sp³-hybridized carbons (Fsp3) is 0.583. The molecule has 1 aromatic carbocycles. The Kier molecular flexibility index (Phi) is 6.25. The maximum absolute atomic E-state index is 14.8. The van der Waals surface area contributed by atoms with E-state index in [9.17, 15) is 13.6 Å². The minimum Gasteiger partial charge on any atom is -0.444 e. The van der Waals surface area contributed by atoms with Gasteiger partial charge in [-0.2, -0.15) is 0 Å². The second-order valence-corrected chi connectivity index (χ2v) is 9.97. The third-order valence-corrected chi connectivity index (χ3v) is 6.06. The largest absolute Gasteiger partial charge is 0.444 e. The molecule has 0 bridgehead atoms. The molecule has 174 valence electrons. The van der Waals surface area contributed by atoms with Gasteiger partial charge in [-0.05, 0) is 64.4 Å². The highest BCUT2D eigenvalue weighted by Crippen LogP contribution is 2.32. The summed E-state index contributed by atoms with van der Waals surface area (Å²) in [4.78, 5) is 18.7. The maximum atomic E-state index is 14.8. The van der Waals surface area contributed by atoms with Gasteiger partial charge in [0.15, 0.2) is 0 Å². The van der Waals surface area contributed by atoms with Gasteiger partial charge in [0.25, 0.3) is 0 Å². The first-order valence-electron chi connectivity index (χ1n) is 11.3. The molecule has 0 radical (unpaired) electrons. The molecule has 8 heteroatoms. The third-order valence-electron chi connectivity index (χ3n) is 6.06. The number of carbonyl (C=O) groups is 1. The van der Waals surface area contributed by atoms with E-state index in [2.05, 4.69) is 5.32 Å². The van der Waals surface area contributed by atoms with E-state index in [1.165, 1.54) is 6.07 Å². The fourth-order valence-corrected chi connectivity index (χ4v) is 4.37. The second kappa shape index (κ2) is 8.81. The van der Waals surface area contributed by atoms with Crippen molar-refractivity contribution in [2.24, 2.45) is 5.92 Å². The minimum absolute atomic E-state index is 0.248. The van der Waals surface area contributed by atoms with Crippen molar-refractivity contribution in [3.63, 3.8) is 0 Å². The summed E-state index contributed by atoms with van der Waals surface area (Å²) in [5, 5.41) is 3.09. The van der Waals surface area contributed by atoms with Gasteiger partial charge in [-0.15, -0.1) is 0 Å². The topological polar surface area (TPSA) is 59.4 Å². The van der Waals surface area contributed by atoms with E-state index in [1.54, 1.807) is 24.0 Å². The van der Waals surface area contributed by atoms with Crippen LogP contribution in [0.2, 0.25) is 0 Å². The normalized spacial score (nSPS) is 22.0. The van der Waals surface area contributed by atoms with Crippen molar-refractivity contribution >= 4 is 6.09 Å². The first kappa shape index (κ1) is 22.7. The van der Waals surface area contributed by atoms with E-state index in [0.717, 1.165) is 23.6 Å². The SMILES string of the molecule is Cc1cc(-c2cn(CC3CN(C(=O)OC(C)(C)C)C3)c([C@@H]3CCNC[C@@H]3F)n2)ccc1F. The lowest BCUT2D eigenvalue weighted by Gasteiger charge is -2.40. The zero-order chi connectivity index (χ0) is 23.0. The van der Waals surface area contributed by atoms with E-state index >= 15 is 0 Å². The van der Waals surface area contributed by atoms with Crippen molar-refractivity contribution in [1.29, 1.82) is 0 Å². The van der Waals surface area contributed by atoms with Crippen LogP contribution in [0.5, 0.6) is 0 Å². The first-order valence-corrected chi connectivity index (χ1v) is 11.3. The molecule has 0 spiro atoms.